The molecule has 2 aromatic heterocycles. The maximum absolute atomic E-state index is 12.0. The van der Waals surface area contributed by atoms with Gasteiger partial charge in [-0.15, -0.1) is 16.4 Å². The predicted octanol–water partition coefficient (Wildman–Crippen LogP) is 2.34. The number of aliphatic hydroxyl groups is 1. The summed E-state index contributed by atoms with van der Waals surface area (Å²) < 4.78 is 6.67. The second-order valence-electron chi connectivity index (χ2n) is 5.27. The zero-order valence-electron chi connectivity index (χ0n) is 12.4. The summed E-state index contributed by atoms with van der Waals surface area (Å²) in [6, 6.07) is 3.81. The standard InChI is InChI=1S/C14H19N3O3S/c1-4-20-13(18)11-12(10-6-5-9-21-10)17(16-15-11)8-7-14(2,3)19/h5-6,9,19H,4,7-8H2,1-3H3. The van der Waals surface area contributed by atoms with Gasteiger partial charge in [0.15, 0.2) is 5.69 Å². The van der Waals surface area contributed by atoms with Crippen LogP contribution in [0.2, 0.25) is 0 Å². The molecule has 0 unspecified atom stereocenters. The quantitative estimate of drug-likeness (QED) is 0.829. The molecule has 0 aliphatic rings. The van der Waals surface area contributed by atoms with Gasteiger partial charge in [0.2, 0.25) is 0 Å². The Morgan fingerprint density at radius 1 is 1.52 bits per heavy atom. The van der Waals surface area contributed by atoms with Crippen LogP contribution >= 0.6 is 11.3 Å². The number of carbonyl (C=O) groups is 1. The summed E-state index contributed by atoms with van der Waals surface area (Å²) in [5.41, 5.74) is 0.0608. The SMILES string of the molecule is CCOC(=O)c1nnn(CCC(C)(C)O)c1-c1cccs1. The van der Waals surface area contributed by atoms with Crippen molar-refractivity contribution in [3.8, 4) is 10.6 Å². The van der Waals surface area contributed by atoms with Crippen LogP contribution in [0.5, 0.6) is 0 Å². The summed E-state index contributed by atoms with van der Waals surface area (Å²) in [4.78, 5) is 12.9. The van der Waals surface area contributed by atoms with Crippen LogP contribution in [0.25, 0.3) is 10.6 Å². The van der Waals surface area contributed by atoms with E-state index in [1.54, 1.807) is 25.5 Å². The molecule has 21 heavy (non-hydrogen) atoms. The highest BCUT2D eigenvalue weighted by atomic mass is 32.1. The number of esters is 1. The van der Waals surface area contributed by atoms with E-state index in [-0.39, 0.29) is 5.69 Å². The summed E-state index contributed by atoms with van der Waals surface area (Å²) in [6.07, 6.45) is 0.511. The summed E-state index contributed by atoms with van der Waals surface area (Å²) in [6.45, 7) is 5.99. The van der Waals surface area contributed by atoms with Gasteiger partial charge in [0.25, 0.3) is 0 Å². The molecule has 6 nitrogen and oxygen atoms in total. The van der Waals surface area contributed by atoms with Gasteiger partial charge in [-0.05, 0) is 38.6 Å². The number of thiophene rings is 1. The lowest BCUT2D eigenvalue weighted by Crippen LogP contribution is -2.21. The van der Waals surface area contributed by atoms with Crippen LogP contribution in [0.1, 0.15) is 37.7 Å². The molecule has 0 atom stereocenters. The van der Waals surface area contributed by atoms with E-state index in [0.717, 1.165) is 4.88 Å². The summed E-state index contributed by atoms with van der Waals surface area (Å²) in [7, 11) is 0. The molecule has 2 heterocycles. The normalized spacial score (nSPS) is 11.6. The average molecular weight is 309 g/mol. The molecular weight excluding hydrogens is 290 g/mol. The molecular formula is C14H19N3O3S. The fourth-order valence-electron chi connectivity index (χ4n) is 1.84. The second kappa shape index (κ2) is 6.36. The first-order chi connectivity index (χ1) is 9.92. The van der Waals surface area contributed by atoms with Crippen LogP contribution in [-0.2, 0) is 11.3 Å². The fourth-order valence-corrected chi connectivity index (χ4v) is 2.62. The number of hydrogen-bond acceptors (Lipinski definition) is 6. The van der Waals surface area contributed by atoms with Crippen molar-refractivity contribution in [2.45, 2.75) is 39.3 Å². The number of carbonyl (C=O) groups excluding carboxylic acids is 1. The lowest BCUT2D eigenvalue weighted by atomic mass is 10.1. The van der Waals surface area contributed by atoms with Gasteiger partial charge >= 0.3 is 5.97 Å². The zero-order chi connectivity index (χ0) is 15.5. The monoisotopic (exact) mass is 309 g/mol. The minimum Gasteiger partial charge on any atom is -0.461 e. The first-order valence-electron chi connectivity index (χ1n) is 6.79. The highest BCUT2D eigenvalue weighted by molar-refractivity contribution is 7.13. The van der Waals surface area contributed by atoms with E-state index in [9.17, 15) is 9.90 Å². The number of rotatable bonds is 6. The predicted molar refractivity (Wildman–Crippen MR) is 80.2 cm³/mol. The number of ether oxygens (including phenoxy) is 1. The Morgan fingerprint density at radius 3 is 2.86 bits per heavy atom. The van der Waals surface area contributed by atoms with Crippen LogP contribution in [0.4, 0.5) is 0 Å². The topological polar surface area (TPSA) is 77.2 Å². The number of aromatic nitrogens is 3. The highest BCUT2D eigenvalue weighted by Gasteiger charge is 2.24. The molecule has 0 aliphatic heterocycles. The van der Waals surface area contributed by atoms with E-state index < -0.39 is 11.6 Å². The molecule has 0 aliphatic carbocycles. The lowest BCUT2D eigenvalue weighted by molar-refractivity contribution is 0.0520. The largest absolute Gasteiger partial charge is 0.461 e. The fraction of sp³-hybridized carbons (Fsp3) is 0.500. The number of hydrogen-bond donors (Lipinski definition) is 1. The van der Waals surface area contributed by atoms with Gasteiger partial charge in [0, 0.05) is 6.54 Å². The van der Waals surface area contributed by atoms with Crippen molar-refractivity contribution in [1.82, 2.24) is 15.0 Å². The van der Waals surface area contributed by atoms with Crippen LogP contribution < -0.4 is 0 Å². The Balaban J connectivity index is 2.35. The molecule has 0 bridgehead atoms. The van der Waals surface area contributed by atoms with Crippen LogP contribution in [0, 0.1) is 0 Å². The van der Waals surface area contributed by atoms with Gasteiger partial charge < -0.3 is 9.84 Å². The molecule has 0 radical (unpaired) electrons. The van der Waals surface area contributed by atoms with E-state index in [4.69, 9.17) is 4.74 Å². The van der Waals surface area contributed by atoms with E-state index in [0.29, 0.717) is 25.3 Å². The summed E-state index contributed by atoms with van der Waals surface area (Å²) >= 11 is 1.51. The third-order valence-corrected chi connectivity index (χ3v) is 3.77. The van der Waals surface area contributed by atoms with E-state index in [1.807, 2.05) is 17.5 Å². The molecule has 2 aromatic rings. The molecule has 0 saturated carbocycles. The Labute approximate surface area is 127 Å². The molecule has 2 rings (SSSR count). The smallest absolute Gasteiger partial charge is 0.361 e. The van der Waals surface area contributed by atoms with Crippen molar-refractivity contribution in [2.75, 3.05) is 6.61 Å². The van der Waals surface area contributed by atoms with Gasteiger partial charge in [-0.1, -0.05) is 11.3 Å². The Morgan fingerprint density at radius 2 is 2.29 bits per heavy atom. The Bertz CT molecular complexity index is 600. The van der Waals surface area contributed by atoms with Crippen molar-refractivity contribution in [3.63, 3.8) is 0 Å². The van der Waals surface area contributed by atoms with E-state index in [1.165, 1.54) is 11.3 Å². The molecule has 0 spiro atoms. The molecule has 0 aromatic carbocycles. The van der Waals surface area contributed by atoms with Crippen LogP contribution in [-0.4, -0.2) is 38.3 Å². The summed E-state index contributed by atoms with van der Waals surface area (Å²) in [5, 5.41) is 19.8. The summed E-state index contributed by atoms with van der Waals surface area (Å²) in [5.74, 6) is -0.476. The maximum atomic E-state index is 12.0. The Kier molecular flexibility index (Phi) is 4.74. The molecule has 114 valence electrons. The van der Waals surface area contributed by atoms with Crippen LogP contribution in [0.3, 0.4) is 0 Å². The van der Waals surface area contributed by atoms with Crippen LogP contribution in [0.15, 0.2) is 17.5 Å². The van der Waals surface area contributed by atoms with Crippen molar-refractivity contribution in [2.24, 2.45) is 0 Å². The minimum atomic E-state index is -0.803. The molecule has 0 fully saturated rings. The van der Waals surface area contributed by atoms with Gasteiger partial charge in [-0.2, -0.15) is 0 Å². The van der Waals surface area contributed by atoms with Crippen molar-refractivity contribution in [1.29, 1.82) is 0 Å². The van der Waals surface area contributed by atoms with Crippen molar-refractivity contribution in [3.05, 3.63) is 23.2 Å². The lowest BCUT2D eigenvalue weighted by Gasteiger charge is -2.17. The highest BCUT2D eigenvalue weighted by Crippen LogP contribution is 2.28. The van der Waals surface area contributed by atoms with Crippen molar-refractivity contribution >= 4 is 17.3 Å². The van der Waals surface area contributed by atoms with E-state index >= 15 is 0 Å². The third kappa shape index (κ3) is 3.89. The first-order valence-corrected chi connectivity index (χ1v) is 7.67. The number of nitrogens with zero attached hydrogens (tertiary/aromatic N) is 3. The first kappa shape index (κ1) is 15.7. The molecule has 1 N–H and O–H groups in total. The Hall–Kier alpha value is -1.73. The van der Waals surface area contributed by atoms with E-state index in [2.05, 4.69) is 10.3 Å². The molecule has 7 heteroatoms. The zero-order valence-corrected chi connectivity index (χ0v) is 13.2. The minimum absolute atomic E-state index is 0.218. The second-order valence-corrected chi connectivity index (χ2v) is 6.22. The van der Waals surface area contributed by atoms with Gasteiger partial charge in [0.1, 0.15) is 5.69 Å². The molecule has 0 saturated heterocycles. The maximum Gasteiger partial charge on any atom is 0.361 e. The van der Waals surface area contributed by atoms with Crippen molar-refractivity contribution < 1.29 is 14.6 Å². The van der Waals surface area contributed by atoms with Gasteiger partial charge in [-0.3, -0.25) is 0 Å². The van der Waals surface area contributed by atoms with Gasteiger partial charge in [0.05, 0.1) is 17.1 Å². The van der Waals surface area contributed by atoms with Gasteiger partial charge in [-0.25, -0.2) is 9.48 Å². The number of aryl methyl sites for hydroxylation is 1. The third-order valence-electron chi connectivity index (χ3n) is 2.89. The molecule has 0 amide bonds. The average Bonchev–Trinajstić information content (AvgIpc) is 3.04.